The van der Waals surface area contributed by atoms with Crippen molar-refractivity contribution in [2.75, 3.05) is 6.61 Å². The summed E-state index contributed by atoms with van der Waals surface area (Å²) in [7, 11) is -3.65. The Morgan fingerprint density at radius 2 is 1.81 bits per heavy atom. The molecule has 4 nitrogen and oxygen atoms in total. The zero-order valence-electron chi connectivity index (χ0n) is 10.8. The van der Waals surface area contributed by atoms with E-state index >= 15 is 0 Å². The summed E-state index contributed by atoms with van der Waals surface area (Å²) in [5.41, 5.74) is 0.519. The lowest BCUT2D eigenvalue weighted by Crippen LogP contribution is -2.09. The summed E-state index contributed by atoms with van der Waals surface area (Å²) in [4.78, 5) is 0.174. The Balaban J connectivity index is 1.83. The van der Waals surface area contributed by atoms with Crippen LogP contribution in [0.1, 0.15) is 5.56 Å². The van der Waals surface area contributed by atoms with Gasteiger partial charge in [0.2, 0.25) is 9.84 Å². The first kappa shape index (κ1) is 13.6. The van der Waals surface area contributed by atoms with E-state index in [2.05, 4.69) is 0 Å². The quantitative estimate of drug-likeness (QED) is 0.947. The molecule has 0 spiro atoms. The monoisotopic (exact) mass is 306 g/mol. The Hall–Kier alpha value is -2.34. The van der Waals surface area contributed by atoms with Gasteiger partial charge in [0.15, 0.2) is 0 Å². The van der Waals surface area contributed by atoms with Crippen LogP contribution in [-0.4, -0.2) is 20.1 Å². The lowest BCUT2D eigenvalue weighted by Gasteiger charge is -2.07. The van der Waals surface area contributed by atoms with Gasteiger partial charge in [0.1, 0.15) is 23.9 Å². The van der Waals surface area contributed by atoms with Gasteiger partial charge in [-0.25, -0.2) is 12.8 Å². The average molecular weight is 306 g/mol. The highest BCUT2D eigenvalue weighted by molar-refractivity contribution is 7.95. The molecule has 0 saturated heterocycles. The summed E-state index contributed by atoms with van der Waals surface area (Å²) < 4.78 is 42.7. The molecule has 1 aliphatic heterocycles. The number of halogens is 1. The van der Waals surface area contributed by atoms with Crippen molar-refractivity contribution in [1.82, 2.24) is 0 Å². The van der Waals surface area contributed by atoms with Crippen molar-refractivity contribution in [3.05, 3.63) is 58.8 Å². The number of benzene rings is 2. The molecule has 0 radical (unpaired) electrons. The standard InChI is InChI=1S/C15H11FO4S/c16-11-2-5-13(6-3-11)20-9-14-7-10-1-4-12(17)8-15(10)21(14,18)19/h1-8,17H,9H2. The molecule has 1 aliphatic rings. The zero-order chi connectivity index (χ0) is 15.0. The third-order valence-corrected chi connectivity index (χ3v) is 5.00. The van der Waals surface area contributed by atoms with Gasteiger partial charge in [0.05, 0.1) is 9.80 Å². The molecule has 2 aromatic rings. The van der Waals surface area contributed by atoms with E-state index in [1.807, 2.05) is 0 Å². The van der Waals surface area contributed by atoms with E-state index in [1.165, 1.54) is 48.5 Å². The van der Waals surface area contributed by atoms with Gasteiger partial charge in [-0.15, -0.1) is 0 Å². The first-order valence-corrected chi connectivity index (χ1v) is 7.62. The maximum absolute atomic E-state index is 12.8. The molecule has 3 rings (SSSR count). The smallest absolute Gasteiger partial charge is 0.206 e. The zero-order valence-corrected chi connectivity index (χ0v) is 11.6. The molecule has 1 N–H and O–H groups in total. The number of phenolic OH excluding ortho intramolecular Hbond substituents is 1. The molecule has 0 fully saturated rings. The molecule has 0 unspecified atom stereocenters. The molecule has 0 amide bonds. The van der Waals surface area contributed by atoms with E-state index in [9.17, 15) is 17.9 Å². The fourth-order valence-electron chi connectivity index (χ4n) is 2.07. The van der Waals surface area contributed by atoms with Crippen LogP contribution >= 0.6 is 0 Å². The minimum absolute atomic E-state index is 0.0696. The number of sulfone groups is 1. The van der Waals surface area contributed by atoms with Crippen LogP contribution in [0.2, 0.25) is 0 Å². The van der Waals surface area contributed by atoms with Gasteiger partial charge in [0.25, 0.3) is 0 Å². The Kier molecular flexibility index (Phi) is 3.17. The molecule has 0 saturated carbocycles. The highest BCUT2D eigenvalue weighted by Crippen LogP contribution is 2.35. The van der Waals surface area contributed by atoms with Gasteiger partial charge in [0, 0.05) is 0 Å². The predicted molar refractivity (Wildman–Crippen MR) is 75.2 cm³/mol. The van der Waals surface area contributed by atoms with E-state index in [1.54, 1.807) is 0 Å². The van der Waals surface area contributed by atoms with E-state index in [4.69, 9.17) is 4.74 Å². The fraction of sp³-hybridized carbons (Fsp3) is 0.0667. The summed E-state index contributed by atoms with van der Waals surface area (Å²) in [5, 5.41) is 9.39. The van der Waals surface area contributed by atoms with Crippen molar-refractivity contribution in [3.8, 4) is 11.5 Å². The Bertz CT molecular complexity index is 823. The molecule has 2 aromatic carbocycles. The molecule has 0 aromatic heterocycles. The maximum Gasteiger partial charge on any atom is 0.206 e. The minimum Gasteiger partial charge on any atom is -0.508 e. The lowest BCUT2D eigenvalue weighted by molar-refractivity contribution is 0.358. The number of phenols is 1. The summed E-state index contributed by atoms with van der Waals surface area (Å²) in [6.07, 6.45) is 1.51. The van der Waals surface area contributed by atoms with Crippen molar-refractivity contribution < 1.29 is 22.7 Å². The second-order valence-electron chi connectivity index (χ2n) is 4.58. The highest BCUT2D eigenvalue weighted by atomic mass is 32.2. The van der Waals surface area contributed by atoms with Gasteiger partial charge < -0.3 is 9.84 Å². The van der Waals surface area contributed by atoms with E-state index < -0.39 is 15.7 Å². The number of hydrogen-bond donors (Lipinski definition) is 1. The Labute approximate surface area is 121 Å². The highest BCUT2D eigenvalue weighted by Gasteiger charge is 2.30. The van der Waals surface area contributed by atoms with E-state index in [-0.39, 0.29) is 22.2 Å². The molecule has 0 bridgehead atoms. The molecule has 1 heterocycles. The third kappa shape index (κ3) is 2.50. The van der Waals surface area contributed by atoms with Crippen LogP contribution in [0.25, 0.3) is 6.08 Å². The fourth-order valence-corrected chi connectivity index (χ4v) is 3.56. The van der Waals surface area contributed by atoms with Gasteiger partial charge in [-0.2, -0.15) is 0 Å². The summed E-state index contributed by atoms with van der Waals surface area (Å²) in [5.74, 6) is -0.115. The molecular weight excluding hydrogens is 295 g/mol. The van der Waals surface area contributed by atoms with Gasteiger partial charge in [-0.05, 0) is 54.1 Å². The number of fused-ring (bicyclic) bond motifs is 1. The normalized spacial score (nSPS) is 15.4. The predicted octanol–water partition coefficient (Wildman–Crippen LogP) is 2.74. The van der Waals surface area contributed by atoms with Crippen molar-refractivity contribution in [2.24, 2.45) is 0 Å². The largest absolute Gasteiger partial charge is 0.508 e. The third-order valence-electron chi connectivity index (χ3n) is 3.14. The van der Waals surface area contributed by atoms with Crippen LogP contribution in [0.4, 0.5) is 4.39 Å². The van der Waals surface area contributed by atoms with Crippen LogP contribution in [-0.2, 0) is 9.84 Å². The second-order valence-corrected chi connectivity index (χ2v) is 6.55. The van der Waals surface area contributed by atoms with Gasteiger partial charge in [-0.1, -0.05) is 0 Å². The minimum atomic E-state index is -3.65. The average Bonchev–Trinajstić information content (AvgIpc) is 2.70. The summed E-state index contributed by atoms with van der Waals surface area (Å²) >= 11 is 0. The molecule has 108 valence electrons. The van der Waals surface area contributed by atoms with Crippen LogP contribution in [0.3, 0.4) is 0 Å². The number of rotatable bonds is 3. The first-order chi connectivity index (χ1) is 9.96. The molecule has 21 heavy (non-hydrogen) atoms. The van der Waals surface area contributed by atoms with E-state index in [0.29, 0.717) is 11.3 Å². The molecule has 0 atom stereocenters. The van der Waals surface area contributed by atoms with Crippen molar-refractivity contribution in [2.45, 2.75) is 4.90 Å². The van der Waals surface area contributed by atoms with E-state index in [0.717, 1.165) is 0 Å². The Morgan fingerprint density at radius 1 is 1.10 bits per heavy atom. The van der Waals surface area contributed by atoms with Crippen LogP contribution < -0.4 is 4.74 Å². The summed E-state index contributed by atoms with van der Waals surface area (Å²) in [6.45, 7) is -0.149. The second kappa shape index (κ2) is 4.89. The summed E-state index contributed by atoms with van der Waals surface area (Å²) in [6, 6.07) is 9.50. The van der Waals surface area contributed by atoms with Crippen LogP contribution in [0.5, 0.6) is 11.5 Å². The molecular formula is C15H11FO4S. The molecule has 0 aliphatic carbocycles. The SMILES string of the molecule is O=S1(=O)C(COc2ccc(F)cc2)=Cc2ccc(O)cc21. The van der Waals surface area contributed by atoms with Crippen molar-refractivity contribution >= 4 is 15.9 Å². The van der Waals surface area contributed by atoms with Crippen molar-refractivity contribution in [3.63, 3.8) is 0 Å². The topological polar surface area (TPSA) is 63.6 Å². The molecule has 6 heteroatoms. The number of hydrogen-bond acceptors (Lipinski definition) is 4. The maximum atomic E-state index is 12.8. The first-order valence-electron chi connectivity index (χ1n) is 6.14. The number of aromatic hydroxyl groups is 1. The van der Waals surface area contributed by atoms with Gasteiger partial charge >= 0.3 is 0 Å². The number of ether oxygens (including phenoxy) is 1. The van der Waals surface area contributed by atoms with Gasteiger partial charge in [-0.3, -0.25) is 0 Å². The lowest BCUT2D eigenvalue weighted by atomic mass is 10.2. The van der Waals surface area contributed by atoms with Crippen LogP contribution in [0.15, 0.2) is 52.3 Å². The Morgan fingerprint density at radius 3 is 2.52 bits per heavy atom. The van der Waals surface area contributed by atoms with Crippen molar-refractivity contribution in [1.29, 1.82) is 0 Å². The van der Waals surface area contributed by atoms with Crippen LogP contribution in [0, 0.1) is 5.82 Å².